The summed E-state index contributed by atoms with van der Waals surface area (Å²) in [6, 6.07) is 26.2. The molecule has 14 nitrogen and oxygen atoms in total. The highest BCUT2D eigenvalue weighted by Crippen LogP contribution is 2.38. The zero-order valence-corrected chi connectivity index (χ0v) is 51.9. The monoisotopic (exact) mass is 1430 g/mol. The highest BCUT2D eigenvalue weighted by atomic mass is 79.9. The topological polar surface area (TPSA) is 190 Å². The summed E-state index contributed by atoms with van der Waals surface area (Å²) in [6.07, 6.45) is 0. The second-order valence-corrected chi connectivity index (χ2v) is 22.1. The van der Waals surface area contributed by atoms with Gasteiger partial charge in [0.2, 0.25) is 69.7 Å². The number of pyridine rings is 2. The van der Waals surface area contributed by atoms with Crippen LogP contribution in [0.2, 0.25) is 5.02 Å². The third kappa shape index (κ3) is 14.4. The van der Waals surface area contributed by atoms with Crippen molar-refractivity contribution < 1.29 is 102 Å². The summed E-state index contributed by atoms with van der Waals surface area (Å²) in [4.78, 5) is 24.1. The molecule has 2 heterocycles. The summed E-state index contributed by atoms with van der Waals surface area (Å²) in [5, 5.41) is 17.6. The Balaban J connectivity index is 0.000000245. The number of rotatable bonds is 12. The molecule has 0 bridgehead atoms. The van der Waals surface area contributed by atoms with Crippen LogP contribution in [0.25, 0.3) is 44.3 Å². The van der Waals surface area contributed by atoms with Crippen LogP contribution in [-0.4, -0.2) is 57.4 Å². The highest BCUT2D eigenvalue weighted by molar-refractivity contribution is 9.10. The molecule has 0 fully saturated rings. The first-order chi connectivity index (χ1) is 41.4. The maximum Gasteiger partial charge on any atom is 0.488 e. The lowest BCUT2D eigenvalue weighted by Gasteiger charge is -2.17. The highest BCUT2D eigenvalue weighted by Gasteiger charge is 2.33. The Morgan fingerprint density at radius 3 is 1.23 bits per heavy atom. The van der Waals surface area contributed by atoms with Crippen molar-refractivity contribution in [2.45, 2.75) is 9.79 Å². The van der Waals surface area contributed by atoms with Gasteiger partial charge in [-0.1, -0.05) is 35.9 Å². The molecular weight excluding hydrogens is 1390 g/mol. The molecule has 0 aliphatic heterocycles. The van der Waals surface area contributed by atoms with Gasteiger partial charge in [-0.25, -0.2) is 39.5 Å². The third-order valence-corrected chi connectivity index (χ3v) is 15.6. The van der Waals surface area contributed by atoms with E-state index in [0.717, 1.165) is 69.8 Å². The Bertz CT molecular complexity index is 4760. The van der Waals surface area contributed by atoms with E-state index in [1.807, 2.05) is 0 Å². The van der Waals surface area contributed by atoms with Gasteiger partial charge in [0, 0.05) is 45.6 Å². The minimum absolute atomic E-state index is 0. The van der Waals surface area contributed by atoms with Gasteiger partial charge in [-0.2, -0.15) is 54.2 Å². The van der Waals surface area contributed by atoms with E-state index in [9.17, 15) is 79.1 Å². The molecule has 0 amide bonds. The Morgan fingerprint density at radius 2 is 0.844 bits per heavy atom. The third-order valence-electron chi connectivity index (χ3n) is 12.3. The van der Waals surface area contributed by atoms with E-state index >= 15 is 4.39 Å². The van der Waals surface area contributed by atoms with Crippen LogP contribution in [0.5, 0.6) is 23.0 Å². The second kappa shape index (κ2) is 28.4. The fourth-order valence-electron chi connectivity index (χ4n) is 8.11. The van der Waals surface area contributed by atoms with Crippen molar-refractivity contribution >= 4 is 102 Å². The second-order valence-electron chi connectivity index (χ2n) is 17.7. The number of hydrogen-bond acceptors (Lipinski definition) is 12. The number of ether oxygens (including phenoxy) is 2. The van der Waals surface area contributed by atoms with Gasteiger partial charge in [0.05, 0.1) is 41.1 Å². The maximum absolute atomic E-state index is 15.3. The molecule has 8 aromatic carbocycles. The first kappa shape index (κ1) is 71.1. The van der Waals surface area contributed by atoms with Gasteiger partial charge >= 0.3 is 27.4 Å². The fraction of sp³-hybridized carbons (Fsp3) is 0.0357. The van der Waals surface area contributed by atoms with E-state index in [1.54, 1.807) is 24.3 Å². The van der Waals surface area contributed by atoms with Gasteiger partial charge in [0.15, 0.2) is 0 Å². The van der Waals surface area contributed by atoms with Crippen LogP contribution in [0.1, 0.15) is 0 Å². The number of fused-ring (bicyclic) bond motifs is 2. The maximum atomic E-state index is 15.3. The number of hydrogen-bond donors (Lipinski definition) is 2. The van der Waals surface area contributed by atoms with Gasteiger partial charge in [0.25, 0.3) is 11.1 Å². The lowest BCUT2D eigenvalue weighted by atomic mass is 9.80. The lowest BCUT2D eigenvalue weighted by Crippen LogP contribution is -2.29. The van der Waals surface area contributed by atoms with Crippen LogP contribution < -0.4 is 34.4 Å². The molecule has 0 radical (unpaired) electrons. The van der Waals surface area contributed by atoms with Crippen molar-refractivity contribution in [2.24, 2.45) is 0 Å². The van der Waals surface area contributed by atoms with Gasteiger partial charge in [0.1, 0.15) is 38.7 Å². The molecule has 10 rings (SSSR count). The van der Waals surface area contributed by atoms with Crippen LogP contribution in [0.3, 0.4) is 0 Å². The Kier molecular flexibility index (Phi) is 22.5. The minimum Gasteiger partial charge on any atom is -0.495 e. The van der Waals surface area contributed by atoms with Crippen LogP contribution >= 0.6 is 47.3 Å². The molecule has 10 aromatic rings. The molecule has 0 aliphatic rings. The Morgan fingerprint density at radius 1 is 0.467 bits per heavy atom. The molecular formula is C56H36BBrClF13N2O12P2S2. The van der Waals surface area contributed by atoms with Crippen LogP contribution in [-0.2, 0) is 20.2 Å². The summed E-state index contributed by atoms with van der Waals surface area (Å²) in [5.41, 5.74) is -0.356. The van der Waals surface area contributed by atoms with Crippen LogP contribution in [0.4, 0.5) is 57.1 Å². The summed E-state index contributed by atoms with van der Waals surface area (Å²) in [6.45, 7) is 0. The zero-order valence-electron chi connectivity index (χ0n) is 45.1. The average molecular weight is 1430 g/mol. The van der Waals surface area contributed by atoms with Gasteiger partial charge in [-0.3, -0.25) is 18.7 Å². The minimum atomic E-state index is -5.16. The van der Waals surface area contributed by atoms with Crippen molar-refractivity contribution in [3.05, 3.63) is 239 Å². The van der Waals surface area contributed by atoms with E-state index < -0.39 is 130 Å². The summed E-state index contributed by atoms with van der Waals surface area (Å²) in [5.74, 6) is -30.2. The van der Waals surface area contributed by atoms with Crippen molar-refractivity contribution in [1.82, 2.24) is 9.13 Å². The number of nitrogens with zero attached hydrogens (tertiary/aromatic N) is 2. The van der Waals surface area contributed by atoms with Gasteiger partial charge in [-0.15, -0.1) is 0 Å². The Labute approximate surface area is 519 Å². The van der Waals surface area contributed by atoms with Crippen molar-refractivity contribution in [3.8, 4) is 45.5 Å². The molecule has 2 N–H and O–H groups in total. The number of aromatic nitrogens is 2. The quantitative estimate of drug-likeness (QED) is 0.0294. The fourth-order valence-corrected chi connectivity index (χ4v) is 10.5. The summed E-state index contributed by atoms with van der Waals surface area (Å²) < 4.78 is 250. The first-order valence-corrected chi connectivity index (χ1v) is 27.9. The van der Waals surface area contributed by atoms with Crippen LogP contribution in [0, 0.1) is 75.6 Å². The molecule has 0 spiro atoms. The van der Waals surface area contributed by atoms with Crippen molar-refractivity contribution in [1.29, 1.82) is 0 Å². The summed E-state index contributed by atoms with van der Waals surface area (Å²) >= 11 is 8.91. The zero-order chi connectivity index (χ0) is 64.6. The normalized spacial score (nSPS) is 11.1. The average Bonchev–Trinajstić information content (AvgIpc) is 0.810. The van der Waals surface area contributed by atoms with Crippen molar-refractivity contribution in [3.63, 3.8) is 0 Å². The van der Waals surface area contributed by atoms with E-state index in [1.165, 1.54) is 62.8 Å². The largest absolute Gasteiger partial charge is 0.495 e. The lowest BCUT2D eigenvalue weighted by molar-refractivity contribution is 0.346. The molecule has 34 heteroatoms. The SMILES string of the molecule is COc1cc(-c2ccc(Cl)cc2)c(F)cc1-n1c(=O)ccc2cc(S(=O)(=O)Oc3c(F)c(F)c(F)c(F)c3F)ccc21.COc1cc(Br)c(F)cc1-n1c(=O)ccc2cc(S(=O)(=O)Oc3c(F)c(F)c(F)c(F)c3F)ccc21.OB(O)c1ccc(F)cc1.P.P. The standard InChI is InChI=1S/C28H14ClF6NO5S.C22H10BrF6NO5S.C6H6BFO2.2H3P/c1-40-21-11-17(13-2-5-15(29)6-3-13)18(30)12-20(21)36-19-8-7-16(10-14(19)4-9-22(36)37)42(38,39)41-28-26(34)24(32)23(31)25(33)27(28)35;1-34-15-7-11(23)12(24)8-14(15)30-13-4-3-10(6-9(13)2-5-16(30)31)36(32,33)35-22-20(28)18(26)17(25)19(27)21(22)29;8-6-3-1-5(2-4-6)7(9)10;;/h2-12H,1H3;2-8H,1H3;1-4,9-10H;2*1H3. The molecule has 0 saturated carbocycles. The first-order valence-electron chi connectivity index (χ1n) is 23.9. The van der Waals surface area contributed by atoms with E-state index in [4.69, 9.17) is 31.1 Å². The van der Waals surface area contributed by atoms with Crippen molar-refractivity contribution in [2.75, 3.05) is 14.2 Å². The predicted molar refractivity (Wildman–Crippen MR) is 317 cm³/mol. The predicted octanol–water partition coefficient (Wildman–Crippen LogP) is 11.9. The molecule has 2 atom stereocenters. The molecule has 2 aromatic heterocycles. The Hall–Kier alpha value is -8.02. The molecule has 0 aliphatic carbocycles. The smallest absolute Gasteiger partial charge is 0.488 e. The molecule has 90 heavy (non-hydrogen) atoms. The van der Waals surface area contributed by atoms with E-state index in [0.29, 0.717) is 16.0 Å². The number of halogens is 15. The number of benzene rings is 8. The molecule has 472 valence electrons. The molecule has 2 unspecified atom stereocenters. The van der Waals surface area contributed by atoms with E-state index in [-0.39, 0.29) is 80.3 Å². The van der Waals surface area contributed by atoms with Crippen LogP contribution in [0.15, 0.2) is 157 Å². The van der Waals surface area contributed by atoms with Gasteiger partial charge in [-0.05, 0) is 112 Å². The van der Waals surface area contributed by atoms with E-state index in [2.05, 4.69) is 24.3 Å². The number of methoxy groups -OCH3 is 2. The summed E-state index contributed by atoms with van der Waals surface area (Å²) in [7, 11) is -9.23. The van der Waals surface area contributed by atoms with Gasteiger partial charge < -0.3 is 27.9 Å². The molecule has 0 saturated heterocycles.